The van der Waals surface area contributed by atoms with E-state index in [4.69, 9.17) is 4.74 Å². The maximum atomic E-state index is 13.2. The second-order valence-corrected chi connectivity index (χ2v) is 8.20. The zero-order chi connectivity index (χ0) is 22.3. The van der Waals surface area contributed by atoms with Gasteiger partial charge in [0, 0.05) is 11.3 Å². The van der Waals surface area contributed by atoms with E-state index in [1.165, 1.54) is 4.68 Å². The van der Waals surface area contributed by atoms with Gasteiger partial charge in [0.05, 0.1) is 17.9 Å². The fourth-order valence-electron chi connectivity index (χ4n) is 3.98. The summed E-state index contributed by atoms with van der Waals surface area (Å²) in [7, 11) is 0. The van der Waals surface area contributed by atoms with Gasteiger partial charge in [0.2, 0.25) is 0 Å². The molecular formula is C25H27N3O3. The molecule has 2 heterocycles. The second-order valence-electron chi connectivity index (χ2n) is 8.20. The number of amides is 1. The van der Waals surface area contributed by atoms with Crippen molar-refractivity contribution < 1.29 is 14.3 Å². The van der Waals surface area contributed by atoms with E-state index in [1.54, 1.807) is 23.1 Å². The lowest BCUT2D eigenvalue weighted by atomic mass is 10.0. The Morgan fingerprint density at radius 1 is 1.06 bits per heavy atom. The third-order valence-electron chi connectivity index (χ3n) is 5.71. The van der Waals surface area contributed by atoms with E-state index in [2.05, 4.69) is 23.3 Å². The minimum absolute atomic E-state index is 0.0911. The number of hydrogen-bond donors (Lipinski definition) is 0. The van der Waals surface area contributed by atoms with Gasteiger partial charge in [-0.3, -0.25) is 9.59 Å². The molecule has 0 spiro atoms. The van der Waals surface area contributed by atoms with E-state index in [9.17, 15) is 9.59 Å². The zero-order valence-corrected chi connectivity index (χ0v) is 18.6. The molecule has 1 atom stereocenters. The molecule has 0 fully saturated rings. The number of carbonyl (C=O) groups excluding carboxylic acids is 2. The van der Waals surface area contributed by atoms with E-state index in [0.717, 1.165) is 28.1 Å². The summed E-state index contributed by atoms with van der Waals surface area (Å²) >= 11 is 0. The molecule has 6 heteroatoms. The molecule has 0 aliphatic carbocycles. The number of aromatic nitrogens is 2. The van der Waals surface area contributed by atoms with Crippen LogP contribution in [0.3, 0.4) is 0 Å². The molecule has 0 radical (unpaired) electrons. The van der Waals surface area contributed by atoms with Gasteiger partial charge in [-0.25, -0.2) is 4.68 Å². The minimum Gasteiger partial charge on any atom is -0.478 e. The Morgan fingerprint density at radius 2 is 1.84 bits per heavy atom. The molecule has 1 aliphatic heterocycles. The summed E-state index contributed by atoms with van der Waals surface area (Å²) in [5.74, 6) is 0.290. The molecule has 0 bridgehead atoms. The van der Waals surface area contributed by atoms with E-state index in [1.807, 2.05) is 40.7 Å². The maximum Gasteiger partial charge on any atom is 0.278 e. The predicted octanol–water partition coefficient (Wildman–Crippen LogP) is 4.51. The van der Waals surface area contributed by atoms with Crippen LogP contribution in [0, 0.1) is 27.7 Å². The Morgan fingerprint density at radius 3 is 2.52 bits per heavy atom. The van der Waals surface area contributed by atoms with Crippen LogP contribution >= 0.6 is 0 Å². The molecule has 1 amide bonds. The number of nitrogens with zero attached hydrogens (tertiary/aromatic N) is 3. The Balaban J connectivity index is 1.77. The molecule has 160 valence electrons. The van der Waals surface area contributed by atoms with Gasteiger partial charge in [-0.1, -0.05) is 30.7 Å². The van der Waals surface area contributed by atoms with Gasteiger partial charge in [-0.15, -0.1) is 0 Å². The van der Waals surface area contributed by atoms with Crippen LogP contribution in [0.2, 0.25) is 0 Å². The topological polar surface area (TPSA) is 64.4 Å². The van der Waals surface area contributed by atoms with Crippen molar-refractivity contribution in [2.75, 3.05) is 4.90 Å². The first-order valence-electron chi connectivity index (χ1n) is 10.5. The van der Waals surface area contributed by atoms with Crippen molar-refractivity contribution >= 4 is 17.5 Å². The molecule has 0 saturated heterocycles. The Kier molecular flexibility index (Phi) is 5.39. The van der Waals surface area contributed by atoms with Crippen molar-refractivity contribution in [1.29, 1.82) is 0 Å². The highest BCUT2D eigenvalue weighted by molar-refractivity contribution is 6.03. The molecule has 3 aromatic rings. The molecule has 1 aromatic heterocycles. The van der Waals surface area contributed by atoms with Crippen LogP contribution in [0.25, 0.3) is 0 Å². The number of hydrogen-bond acceptors (Lipinski definition) is 4. The quantitative estimate of drug-likeness (QED) is 0.627. The molecule has 0 N–H and O–H groups in total. The first-order chi connectivity index (χ1) is 14.8. The van der Waals surface area contributed by atoms with Crippen molar-refractivity contribution in [2.24, 2.45) is 0 Å². The lowest BCUT2D eigenvalue weighted by Gasteiger charge is -2.34. The first-order valence-corrected chi connectivity index (χ1v) is 10.5. The Bertz CT molecular complexity index is 1180. The SMILES string of the molecule is CC[C@H]1Oc2ccc(C(=O)n3nc(C)cc3C)cc2N(Cc2cc(C)ccc2C)C1=O. The fraction of sp³-hybridized carbons (Fsp3) is 0.320. The van der Waals surface area contributed by atoms with Crippen LogP contribution in [0.15, 0.2) is 42.5 Å². The maximum absolute atomic E-state index is 13.2. The Hall–Kier alpha value is -3.41. The van der Waals surface area contributed by atoms with Gasteiger partial charge in [0.1, 0.15) is 5.75 Å². The monoisotopic (exact) mass is 417 g/mol. The van der Waals surface area contributed by atoms with Crippen LogP contribution in [0.4, 0.5) is 5.69 Å². The molecular weight excluding hydrogens is 390 g/mol. The highest BCUT2D eigenvalue weighted by Gasteiger charge is 2.34. The minimum atomic E-state index is -0.532. The van der Waals surface area contributed by atoms with Gasteiger partial charge in [0.15, 0.2) is 6.10 Å². The summed E-state index contributed by atoms with van der Waals surface area (Å²) in [6.45, 7) is 10.1. The summed E-state index contributed by atoms with van der Waals surface area (Å²) in [5.41, 5.74) is 5.96. The highest BCUT2D eigenvalue weighted by Crippen LogP contribution is 2.37. The lowest BCUT2D eigenvalue weighted by molar-refractivity contribution is -0.126. The summed E-state index contributed by atoms with van der Waals surface area (Å²) in [6.07, 6.45) is 0.0452. The molecule has 31 heavy (non-hydrogen) atoms. The van der Waals surface area contributed by atoms with Crippen LogP contribution in [-0.2, 0) is 11.3 Å². The average molecular weight is 418 g/mol. The first kappa shape index (κ1) is 20.8. The van der Waals surface area contributed by atoms with Gasteiger partial charge < -0.3 is 9.64 Å². The van der Waals surface area contributed by atoms with Crippen molar-refractivity contribution in [3.8, 4) is 5.75 Å². The summed E-state index contributed by atoms with van der Waals surface area (Å²) in [6, 6.07) is 13.3. The van der Waals surface area contributed by atoms with Gasteiger partial charge in [-0.05, 0) is 69.5 Å². The number of fused-ring (bicyclic) bond motifs is 1. The molecule has 4 rings (SSSR count). The van der Waals surface area contributed by atoms with Crippen molar-refractivity contribution in [1.82, 2.24) is 9.78 Å². The number of anilines is 1. The van der Waals surface area contributed by atoms with E-state index in [-0.39, 0.29) is 11.8 Å². The summed E-state index contributed by atoms with van der Waals surface area (Å²) in [5, 5.41) is 4.30. The van der Waals surface area contributed by atoms with Gasteiger partial charge in [-0.2, -0.15) is 5.10 Å². The molecule has 1 aliphatic rings. The third-order valence-corrected chi connectivity index (χ3v) is 5.71. The predicted molar refractivity (Wildman–Crippen MR) is 120 cm³/mol. The van der Waals surface area contributed by atoms with Crippen LogP contribution in [0.5, 0.6) is 5.75 Å². The van der Waals surface area contributed by atoms with Crippen molar-refractivity contribution in [2.45, 2.75) is 53.7 Å². The molecule has 2 aromatic carbocycles. The number of rotatable bonds is 4. The highest BCUT2D eigenvalue weighted by atomic mass is 16.5. The third kappa shape index (κ3) is 3.85. The number of ether oxygens (including phenoxy) is 1. The number of benzene rings is 2. The number of aryl methyl sites for hydroxylation is 4. The normalized spacial score (nSPS) is 15.6. The van der Waals surface area contributed by atoms with E-state index < -0.39 is 6.10 Å². The molecule has 6 nitrogen and oxygen atoms in total. The van der Waals surface area contributed by atoms with E-state index >= 15 is 0 Å². The van der Waals surface area contributed by atoms with Crippen LogP contribution in [0.1, 0.15) is 51.8 Å². The van der Waals surface area contributed by atoms with Crippen LogP contribution < -0.4 is 9.64 Å². The average Bonchev–Trinajstić information content (AvgIpc) is 3.09. The largest absolute Gasteiger partial charge is 0.478 e. The second kappa shape index (κ2) is 8.02. The summed E-state index contributed by atoms with van der Waals surface area (Å²) in [4.78, 5) is 28.1. The van der Waals surface area contributed by atoms with Gasteiger partial charge in [0.25, 0.3) is 11.8 Å². The summed E-state index contributed by atoms with van der Waals surface area (Å²) < 4.78 is 7.35. The van der Waals surface area contributed by atoms with Crippen LogP contribution in [-0.4, -0.2) is 27.7 Å². The molecule has 0 saturated carbocycles. The van der Waals surface area contributed by atoms with E-state index in [0.29, 0.717) is 30.0 Å². The Labute approximate surface area is 182 Å². The fourth-order valence-corrected chi connectivity index (χ4v) is 3.98. The zero-order valence-electron chi connectivity index (χ0n) is 18.6. The number of carbonyl (C=O) groups is 2. The van der Waals surface area contributed by atoms with Crippen molar-refractivity contribution in [3.05, 3.63) is 76.1 Å². The standard InChI is InChI=1S/C25H27N3O3/c1-6-22-25(30)27(14-20-11-15(2)7-8-16(20)3)21-13-19(9-10-23(21)31-22)24(29)28-18(5)12-17(4)26-28/h7-13,22H,6,14H2,1-5H3/t22-/m1/s1. The lowest BCUT2D eigenvalue weighted by Crippen LogP contribution is -2.45. The smallest absolute Gasteiger partial charge is 0.278 e. The van der Waals surface area contributed by atoms with Gasteiger partial charge >= 0.3 is 0 Å². The molecule has 0 unspecified atom stereocenters. The van der Waals surface area contributed by atoms with Crippen molar-refractivity contribution in [3.63, 3.8) is 0 Å².